The van der Waals surface area contributed by atoms with Gasteiger partial charge >= 0.3 is 0 Å². The van der Waals surface area contributed by atoms with Crippen molar-refractivity contribution in [3.05, 3.63) is 24.8 Å². The predicted molar refractivity (Wildman–Crippen MR) is 87.9 cm³/mol. The van der Waals surface area contributed by atoms with Crippen LogP contribution in [0.25, 0.3) is 0 Å². The van der Waals surface area contributed by atoms with Gasteiger partial charge in [-0.3, -0.25) is 9.59 Å². The Kier molecular flexibility index (Phi) is 10.3. The van der Waals surface area contributed by atoms with Gasteiger partial charge in [-0.05, 0) is 33.1 Å². The van der Waals surface area contributed by atoms with Crippen molar-refractivity contribution in [2.24, 2.45) is 5.41 Å². The first kappa shape index (κ1) is 19.4. The van der Waals surface area contributed by atoms with Crippen LogP contribution in [0.3, 0.4) is 0 Å². The van der Waals surface area contributed by atoms with E-state index in [1.165, 1.54) is 0 Å². The molecule has 0 spiro atoms. The maximum absolute atomic E-state index is 12.4. The molecule has 0 heterocycles. The molecule has 4 heteroatoms. The van der Waals surface area contributed by atoms with Crippen molar-refractivity contribution >= 4 is 11.8 Å². The molecule has 4 nitrogen and oxygen atoms in total. The van der Waals surface area contributed by atoms with Crippen LogP contribution >= 0.6 is 0 Å². The molecule has 2 amide bonds. The molecule has 0 bridgehead atoms. The molecule has 0 aromatic carbocycles. The van der Waals surface area contributed by atoms with Gasteiger partial charge in [0.2, 0.25) is 11.8 Å². The molecule has 0 atom stereocenters. The van der Waals surface area contributed by atoms with E-state index >= 15 is 0 Å². The molecule has 0 aliphatic rings. The van der Waals surface area contributed by atoms with E-state index < -0.39 is 5.41 Å². The van der Waals surface area contributed by atoms with Gasteiger partial charge < -0.3 is 10.6 Å². The van der Waals surface area contributed by atoms with Crippen molar-refractivity contribution in [1.29, 1.82) is 0 Å². The Morgan fingerprint density at radius 3 is 2.00 bits per heavy atom. The molecule has 0 unspecified atom stereocenters. The van der Waals surface area contributed by atoms with E-state index in [1.807, 2.05) is 19.9 Å². The fraction of sp³-hybridized carbons (Fsp3) is 0.647. The van der Waals surface area contributed by atoms with Crippen LogP contribution in [-0.4, -0.2) is 24.9 Å². The van der Waals surface area contributed by atoms with E-state index in [9.17, 15) is 9.59 Å². The van der Waals surface area contributed by atoms with Gasteiger partial charge in [0.05, 0.1) is 0 Å². The van der Waals surface area contributed by atoms with Crippen LogP contribution in [0.2, 0.25) is 0 Å². The fourth-order valence-corrected chi connectivity index (χ4v) is 2.19. The minimum Gasteiger partial charge on any atom is -0.355 e. The van der Waals surface area contributed by atoms with Crippen LogP contribution in [0, 0.1) is 5.41 Å². The van der Waals surface area contributed by atoms with Crippen molar-refractivity contribution in [1.82, 2.24) is 10.6 Å². The number of allylic oxidation sites excluding steroid dienone is 3. The number of hydrogen-bond donors (Lipinski definition) is 2. The van der Waals surface area contributed by atoms with E-state index in [1.54, 1.807) is 6.08 Å². The Balaban J connectivity index is 5.16. The molecule has 0 saturated carbocycles. The molecule has 0 fully saturated rings. The van der Waals surface area contributed by atoms with Gasteiger partial charge in [-0.2, -0.15) is 0 Å². The summed E-state index contributed by atoms with van der Waals surface area (Å²) in [7, 11) is 0. The summed E-state index contributed by atoms with van der Waals surface area (Å²) in [4.78, 5) is 24.9. The summed E-state index contributed by atoms with van der Waals surface area (Å²) in [5.41, 5.74) is -1.09. The Hall–Kier alpha value is -1.58. The predicted octanol–water partition coefficient (Wildman–Crippen LogP) is 2.96. The molecule has 120 valence electrons. The lowest BCUT2D eigenvalue weighted by molar-refractivity contribution is -0.143. The Bertz CT molecular complexity index is 344. The van der Waals surface area contributed by atoms with Gasteiger partial charge in [0.25, 0.3) is 0 Å². The number of carbonyl (C=O) groups excluding carboxylic acids is 2. The van der Waals surface area contributed by atoms with Crippen LogP contribution < -0.4 is 10.6 Å². The highest BCUT2D eigenvalue weighted by molar-refractivity contribution is 6.05. The Morgan fingerprint density at radius 2 is 1.57 bits per heavy atom. The van der Waals surface area contributed by atoms with Gasteiger partial charge in [-0.15, -0.1) is 6.58 Å². The lowest BCUT2D eigenvalue weighted by atomic mass is 9.78. The summed E-state index contributed by atoms with van der Waals surface area (Å²) in [6, 6.07) is 0. The zero-order valence-electron chi connectivity index (χ0n) is 13.7. The molecule has 0 radical (unpaired) electrons. The highest BCUT2D eigenvalue weighted by atomic mass is 16.2. The minimum absolute atomic E-state index is 0.226. The van der Waals surface area contributed by atoms with E-state index in [2.05, 4.69) is 30.2 Å². The average Bonchev–Trinajstić information content (AvgIpc) is 2.46. The highest BCUT2D eigenvalue weighted by Crippen LogP contribution is 2.29. The number of carbonyl (C=O) groups is 2. The van der Waals surface area contributed by atoms with Crippen molar-refractivity contribution in [2.45, 2.75) is 52.9 Å². The molecular formula is C17H30N2O2. The van der Waals surface area contributed by atoms with Gasteiger partial charge in [0.1, 0.15) is 5.41 Å². The molecule has 0 aliphatic carbocycles. The van der Waals surface area contributed by atoms with Crippen molar-refractivity contribution in [2.75, 3.05) is 13.1 Å². The van der Waals surface area contributed by atoms with E-state index in [0.29, 0.717) is 25.9 Å². The summed E-state index contributed by atoms with van der Waals surface area (Å²) < 4.78 is 0. The molecule has 0 rings (SSSR count). The molecule has 0 saturated heterocycles. The second-order valence-corrected chi connectivity index (χ2v) is 5.11. The van der Waals surface area contributed by atoms with Crippen LogP contribution in [0.15, 0.2) is 24.8 Å². The molecule has 0 aromatic rings. The van der Waals surface area contributed by atoms with Crippen LogP contribution in [0.1, 0.15) is 52.9 Å². The largest absolute Gasteiger partial charge is 0.355 e. The highest BCUT2D eigenvalue weighted by Gasteiger charge is 2.43. The molecule has 0 aromatic heterocycles. The molecule has 21 heavy (non-hydrogen) atoms. The monoisotopic (exact) mass is 294 g/mol. The third kappa shape index (κ3) is 6.15. The average molecular weight is 294 g/mol. The number of nitrogens with one attached hydrogen (secondary N) is 2. The van der Waals surface area contributed by atoms with Crippen molar-refractivity contribution in [3.8, 4) is 0 Å². The van der Waals surface area contributed by atoms with Gasteiger partial charge in [-0.25, -0.2) is 0 Å². The summed E-state index contributed by atoms with van der Waals surface area (Å²) in [6.07, 6.45) is 9.62. The first-order valence-corrected chi connectivity index (χ1v) is 7.91. The third-order valence-electron chi connectivity index (χ3n) is 3.39. The van der Waals surface area contributed by atoms with Crippen molar-refractivity contribution in [3.63, 3.8) is 0 Å². The standard InChI is InChI=1S/C17H30N2O2/c1-5-9-10-11-12-14-17(13-6-2,15(20)18-7-3)16(21)19-8-4/h6,11-12H,2,5,7-10,13-14H2,1,3-4H3,(H,18,20)(H,19,21). The summed E-state index contributed by atoms with van der Waals surface area (Å²) >= 11 is 0. The summed E-state index contributed by atoms with van der Waals surface area (Å²) in [6.45, 7) is 10.6. The molecular weight excluding hydrogens is 264 g/mol. The Labute approximate surface area is 129 Å². The second-order valence-electron chi connectivity index (χ2n) is 5.11. The van der Waals surface area contributed by atoms with Crippen LogP contribution in [-0.2, 0) is 9.59 Å². The number of amides is 2. The smallest absolute Gasteiger partial charge is 0.236 e. The lowest BCUT2D eigenvalue weighted by Crippen LogP contribution is -2.51. The Morgan fingerprint density at radius 1 is 1.00 bits per heavy atom. The quantitative estimate of drug-likeness (QED) is 0.350. The van der Waals surface area contributed by atoms with Crippen LogP contribution in [0.5, 0.6) is 0 Å². The zero-order chi connectivity index (χ0) is 16.1. The zero-order valence-corrected chi connectivity index (χ0v) is 13.7. The van der Waals surface area contributed by atoms with E-state index in [-0.39, 0.29) is 11.8 Å². The minimum atomic E-state index is -1.09. The summed E-state index contributed by atoms with van der Waals surface area (Å²) in [5.74, 6) is -0.452. The third-order valence-corrected chi connectivity index (χ3v) is 3.39. The van der Waals surface area contributed by atoms with E-state index in [0.717, 1.165) is 19.3 Å². The maximum Gasteiger partial charge on any atom is 0.236 e. The van der Waals surface area contributed by atoms with Crippen molar-refractivity contribution < 1.29 is 9.59 Å². The maximum atomic E-state index is 12.4. The van der Waals surface area contributed by atoms with Gasteiger partial charge in [0, 0.05) is 13.1 Å². The second kappa shape index (κ2) is 11.1. The fourth-order valence-electron chi connectivity index (χ4n) is 2.19. The SMILES string of the molecule is C=CCC(CC=CCCCC)(C(=O)NCC)C(=O)NCC. The van der Waals surface area contributed by atoms with Gasteiger partial charge in [-0.1, -0.05) is 38.0 Å². The normalized spacial score (nSPS) is 11.4. The number of unbranched alkanes of at least 4 members (excludes halogenated alkanes) is 2. The van der Waals surface area contributed by atoms with E-state index in [4.69, 9.17) is 0 Å². The summed E-state index contributed by atoms with van der Waals surface area (Å²) in [5, 5.41) is 5.56. The topological polar surface area (TPSA) is 58.2 Å². The van der Waals surface area contributed by atoms with Crippen LogP contribution in [0.4, 0.5) is 0 Å². The lowest BCUT2D eigenvalue weighted by Gasteiger charge is -2.29. The number of hydrogen-bond acceptors (Lipinski definition) is 2. The first-order chi connectivity index (χ1) is 10.1. The molecule has 0 aliphatic heterocycles. The van der Waals surface area contributed by atoms with Gasteiger partial charge in [0.15, 0.2) is 0 Å². The number of rotatable bonds is 11. The first-order valence-electron chi connectivity index (χ1n) is 7.91. The molecule has 2 N–H and O–H groups in total.